The number of benzene rings is 1. The Bertz CT molecular complexity index is 672. The summed E-state index contributed by atoms with van der Waals surface area (Å²) in [5.41, 5.74) is 7.43. The lowest BCUT2D eigenvalue weighted by Gasteiger charge is -2.04. The molecule has 2 aromatic rings. The molecule has 1 heterocycles. The Morgan fingerprint density at radius 1 is 1.12 bits per heavy atom. The van der Waals surface area contributed by atoms with E-state index in [1.54, 1.807) is 0 Å². The SMILES string of the molecule is CCCCCCCC(=O)O.Cl.NC(Cc1c[nH]c2ccccc12)C(=O)O. The molecule has 0 fully saturated rings. The molecule has 0 amide bonds. The highest BCUT2D eigenvalue weighted by Crippen LogP contribution is 2.18. The number of H-pyrrole nitrogens is 1. The number of nitrogens with one attached hydrogen (secondary N) is 1. The monoisotopic (exact) mass is 384 g/mol. The number of rotatable bonds is 9. The van der Waals surface area contributed by atoms with Gasteiger partial charge in [0, 0.05) is 29.9 Å². The molecule has 6 nitrogen and oxygen atoms in total. The molecule has 1 aromatic heterocycles. The van der Waals surface area contributed by atoms with Gasteiger partial charge < -0.3 is 20.9 Å². The van der Waals surface area contributed by atoms with Gasteiger partial charge in [-0.25, -0.2) is 0 Å². The molecule has 1 unspecified atom stereocenters. The lowest BCUT2D eigenvalue weighted by molar-refractivity contribution is -0.139. The fraction of sp³-hybridized carbons (Fsp3) is 0.474. The lowest BCUT2D eigenvalue weighted by atomic mass is 10.1. The third-order valence-corrected chi connectivity index (χ3v) is 3.93. The van der Waals surface area contributed by atoms with Crippen LogP contribution in [0.5, 0.6) is 0 Å². The van der Waals surface area contributed by atoms with Gasteiger partial charge in [0.2, 0.25) is 0 Å². The zero-order valence-corrected chi connectivity index (χ0v) is 15.9. The molecular formula is C19H29ClN2O4. The molecule has 0 bridgehead atoms. The average molecular weight is 385 g/mol. The van der Waals surface area contributed by atoms with Crippen molar-refractivity contribution in [1.29, 1.82) is 0 Å². The van der Waals surface area contributed by atoms with E-state index in [4.69, 9.17) is 15.9 Å². The number of hydrogen-bond acceptors (Lipinski definition) is 3. The van der Waals surface area contributed by atoms with Crippen molar-refractivity contribution in [1.82, 2.24) is 4.98 Å². The quantitative estimate of drug-likeness (QED) is 0.488. The fourth-order valence-electron chi connectivity index (χ4n) is 2.50. The van der Waals surface area contributed by atoms with Crippen molar-refractivity contribution >= 4 is 35.2 Å². The number of aromatic amines is 1. The fourth-order valence-corrected chi connectivity index (χ4v) is 2.50. The average Bonchev–Trinajstić information content (AvgIpc) is 2.98. The maximum Gasteiger partial charge on any atom is 0.320 e. The van der Waals surface area contributed by atoms with Gasteiger partial charge in [-0.1, -0.05) is 50.8 Å². The Labute approximate surface area is 160 Å². The van der Waals surface area contributed by atoms with Gasteiger partial charge in [0.25, 0.3) is 0 Å². The van der Waals surface area contributed by atoms with Crippen LogP contribution in [-0.2, 0) is 16.0 Å². The Hall–Kier alpha value is -2.05. The predicted octanol–water partition coefficient (Wildman–Crippen LogP) is 3.98. The Kier molecular flexibility index (Phi) is 12.2. The molecule has 1 aromatic carbocycles. The molecule has 0 radical (unpaired) electrons. The van der Waals surface area contributed by atoms with E-state index in [2.05, 4.69) is 11.9 Å². The van der Waals surface area contributed by atoms with Crippen LogP contribution in [0.1, 0.15) is 51.0 Å². The number of para-hydroxylation sites is 1. The third-order valence-electron chi connectivity index (χ3n) is 3.93. The van der Waals surface area contributed by atoms with E-state index >= 15 is 0 Å². The summed E-state index contributed by atoms with van der Waals surface area (Å²) in [6.07, 6.45) is 8.04. The summed E-state index contributed by atoms with van der Waals surface area (Å²) in [4.78, 5) is 23.7. The van der Waals surface area contributed by atoms with E-state index in [-0.39, 0.29) is 12.4 Å². The summed E-state index contributed by atoms with van der Waals surface area (Å²) in [5.74, 6) is -1.64. The van der Waals surface area contributed by atoms with Crippen molar-refractivity contribution in [3.8, 4) is 0 Å². The summed E-state index contributed by atoms with van der Waals surface area (Å²) in [5, 5.41) is 18.0. The summed E-state index contributed by atoms with van der Waals surface area (Å²) >= 11 is 0. The van der Waals surface area contributed by atoms with E-state index < -0.39 is 18.0 Å². The number of nitrogens with two attached hydrogens (primary N) is 1. The zero-order valence-electron chi connectivity index (χ0n) is 15.1. The number of fused-ring (bicyclic) bond motifs is 1. The molecule has 7 heteroatoms. The first-order valence-corrected chi connectivity index (χ1v) is 8.70. The maximum atomic E-state index is 10.6. The van der Waals surface area contributed by atoms with E-state index in [1.165, 1.54) is 19.3 Å². The summed E-state index contributed by atoms with van der Waals surface area (Å²) in [6, 6.07) is 6.91. The number of carboxylic acid groups (broad SMARTS) is 2. The maximum absolute atomic E-state index is 10.6. The van der Waals surface area contributed by atoms with Crippen molar-refractivity contribution in [2.24, 2.45) is 5.73 Å². The largest absolute Gasteiger partial charge is 0.481 e. The van der Waals surface area contributed by atoms with Gasteiger partial charge in [0.1, 0.15) is 6.04 Å². The van der Waals surface area contributed by atoms with Crippen molar-refractivity contribution in [2.45, 2.75) is 57.9 Å². The van der Waals surface area contributed by atoms with Gasteiger partial charge >= 0.3 is 11.9 Å². The van der Waals surface area contributed by atoms with Gasteiger partial charge in [0.05, 0.1) is 0 Å². The highest BCUT2D eigenvalue weighted by atomic mass is 35.5. The van der Waals surface area contributed by atoms with Crippen LogP contribution < -0.4 is 5.73 Å². The number of hydrogen-bond donors (Lipinski definition) is 4. The minimum absolute atomic E-state index is 0. The zero-order chi connectivity index (χ0) is 18.7. The van der Waals surface area contributed by atoms with Gasteiger partial charge in [-0.05, 0) is 18.1 Å². The first-order valence-electron chi connectivity index (χ1n) is 8.70. The second-order valence-electron chi connectivity index (χ2n) is 6.07. The van der Waals surface area contributed by atoms with Crippen LogP contribution in [0.3, 0.4) is 0 Å². The van der Waals surface area contributed by atoms with Gasteiger partial charge in [0.15, 0.2) is 0 Å². The van der Waals surface area contributed by atoms with E-state index in [9.17, 15) is 9.59 Å². The number of carbonyl (C=O) groups is 2. The topological polar surface area (TPSA) is 116 Å². The molecule has 0 saturated carbocycles. The summed E-state index contributed by atoms with van der Waals surface area (Å²) in [6.45, 7) is 2.15. The third kappa shape index (κ3) is 8.87. The van der Waals surface area contributed by atoms with Crippen LogP contribution in [0.15, 0.2) is 30.5 Å². The molecule has 1 atom stereocenters. The van der Waals surface area contributed by atoms with Crippen LogP contribution in [0, 0.1) is 0 Å². The van der Waals surface area contributed by atoms with E-state index in [0.717, 1.165) is 29.3 Å². The van der Waals surface area contributed by atoms with Crippen molar-refractivity contribution in [2.75, 3.05) is 0 Å². The van der Waals surface area contributed by atoms with Gasteiger partial charge in [-0.2, -0.15) is 0 Å². The first kappa shape index (κ1) is 23.9. The van der Waals surface area contributed by atoms with E-state index in [1.807, 2.05) is 30.5 Å². The molecule has 0 aliphatic carbocycles. The molecule has 146 valence electrons. The van der Waals surface area contributed by atoms with Crippen molar-refractivity contribution < 1.29 is 19.8 Å². The Balaban J connectivity index is 0.000000504. The molecular weight excluding hydrogens is 356 g/mol. The van der Waals surface area contributed by atoms with Crippen LogP contribution in [-0.4, -0.2) is 33.2 Å². The number of unbranched alkanes of at least 4 members (excludes halogenated alkanes) is 4. The minimum Gasteiger partial charge on any atom is -0.481 e. The van der Waals surface area contributed by atoms with Crippen LogP contribution >= 0.6 is 12.4 Å². The number of aromatic nitrogens is 1. The molecule has 5 N–H and O–H groups in total. The van der Waals surface area contributed by atoms with Gasteiger partial charge in [-0.15, -0.1) is 12.4 Å². The molecule has 26 heavy (non-hydrogen) atoms. The minimum atomic E-state index is -0.972. The Morgan fingerprint density at radius 3 is 2.38 bits per heavy atom. The number of aliphatic carboxylic acids is 2. The second kappa shape index (κ2) is 13.2. The molecule has 0 spiro atoms. The lowest BCUT2D eigenvalue weighted by Crippen LogP contribution is -2.32. The van der Waals surface area contributed by atoms with E-state index in [0.29, 0.717) is 12.8 Å². The normalized spacial score (nSPS) is 11.2. The summed E-state index contributed by atoms with van der Waals surface area (Å²) < 4.78 is 0. The summed E-state index contributed by atoms with van der Waals surface area (Å²) in [7, 11) is 0. The Morgan fingerprint density at radius 2 is 1.77 bits per heavy atom. The molecule has 2 rings (SSSR count). The smallest absolute Gasteiger partial charge is 0.320 e. The molecule has 0 aliphatic heterocycles. The highest BCUT2D eigenvalue weighted by molar-refractivity contribution is 5.85. The first-order chi connectivity index (χ1) is 12.0. The van der Waals surface area contributed by atoms with Crippen molar-refractivity contribution in [3.63, 3.8) is 0 Å². The highest BCUT2D eigenvalue weighted by Gasteiger charge is 2.14. The van der Waals surface area contributed by atoms with Crippen LogP contribution in [0.25, 0.3) is 10.9 Å². The van der Waals surface area contributed by atoms with Crippen LogP contribution in [0.4, 0.5) is 0 Å². The predicted molar refractivity (Wildman–Crippen MR) is 106 cm³/mol. The number of carboxylic acids is 2. The molecule has 0 aliphatic rings. The van der Waals surface area contributed by atoms with Gasteiger partial charge in [-0.3, -0.25) is 9.59 Å². The van der Waals surface area contributed by atoms with Crippen molar-refractivity contribution in [3.05, 3.63) is 36.0 Å². The van der Waals surface area contributed by atoms with Crippen LogP contribution in [0.2, 0.25) is 0 Å². The number of halogens is 1. The molecule has 0 saturated heterocycles. The standard InChI is InChI=1S/C11H12N2O2.C8H16O2.ClH/c12-9(11(14)15)5-7-6-13-10-4-2-1-3-8(7)10;1-2-3-4-5-6-7-8(9)10;/h1-4,6,9,13H,5,12H2,(H,14,15);2-7H2,1H3,(H,9,10);1H. The second-order valence-corrected chi connectivity index (χ2v) is 6.07.